The van der Waals surface area contributed by atoms with E-state index in [4.69, 9.17) is 31.5 Å². The predicted octanol–water partition coefficient (Wildman–Crippen LogP) is 6.80. The fourth-order valence-electron chi connectivity index (χ4n) is 3.20. The van der Waals surface area contributed by atoms with Gasteiger partial charge in [-0.15, -0.1) is 0 Å². The Balaban J connectivity index is 1.24. The molecule has 0 spiro atoms. The Morgan fingerprint density at radius 2 is 1.81 bits per heavy atom. The van der Waals surface area contributed by atoms with Gasteiger partial charge in [0.2, 0.25) is 12.6 Å². The van der Waals surface area contributed by atoms with Crippen LogP contribution < -0.4 is 19.9 Å². The van der Waals surface area contributed by atoms with E-state index in [1.165, 1.54) is 12.1 Å². The van der Waals surface area contributed by atoms with Crippen LogP contribution in [0.5, 0.6) is 23.0 Å². The van der Waals surface area contributed by atoms with Gasteiger partial charge in [0.1, 0.15) is 17.2 Å². The Morgan fingerprint density at radius 1 is 1.03 bits per heavy atom. The van der Waals surface area contributed by atoms with E-state index in [0.717, 1.165) is 5.56 Å². The van der Waals surface area contributed by atoms with Gasteiger partial charge in [0.25, 0.3) is 0 Å². The van der Waals surface area contributed by atoms with E-state index in [2.05, 4.69) is 24.9 Å². The molecule has 0 bridgehead atoms. The molecule has 0 radical (unpaired) electrons. The first-order valence-corrected chi connectivity index (χ1v) is 10.7. The van der Waals surface area contributed by atoms with Crippen molar-refractivity contribution < 1.29 is 31.9 Å². The molecule has 0 saturated carbocycles. The minimum Gasteiger partial charge on any atom is -0.456 e. The summed E-state index contributed by atoms with van der Waals surface area (Å²) in [5.41, 5.74) is 7.85. The van der Waals surface area contributed by atoms with Crippen LogP contribution in [-0.4, -0.2) is 16.9 Å². The third kappa shape index (κ3) is 5.03. The number of hydrogen-bond donors (Lipinski definition) is 1. The predicted molar refractivity (Wildman–Crippen MR) is 121 cm³/mol. The fraction of sp³-hybridized carbons (Fsp3) is 0.130. The number of hydrogen-bond acceptors (Lipinski definition) is 9. The van der Waals surface area contributed by atoms with E-state index < -0.39 is 12.1 Å². The molecule has 0 saturated heterocycles. The van der Waals surface area contributed by atoms with Crippen molar-refractivity contribution in [2.45, 2.75) is 12.7 Å². The molecule has 36 heavy (non-hydrogen) atoms. The molecule has 0 unspecified atom stereocenters. The van der Waals surface area contributed by atoms with Crippen molar-refractivity contribution in [2.24, 2.45) is 10.2 Å². The highest BCUT2D eigenvalue weighted by Gasteiger charge is 2.38. The first-order valence-electron chi connectivity index (χ1n) is 10.3. The number of rotatable bonds is 6. The van der Waals surface area contributed by atoms with Crippen molar-refractivity contribution in [1.29, 1.82) is 0 Å². The van der Waals surface area contributed by atoms with Crippen LogP contribution in [-0.2, 0) is 12.7 Å². The molecule has 3 aromatic carbocycles. The van der Waals surface area contributed by atoms with Crippen molar-refractivity contribution in [3.8, 4) is 34.4 Å². The van der Waals surface area contributed by atoms with Crippen LogP contribution in [0.25, 0.3) is 11.4 Å². The summed E-state index contributed by atoms with van der Waals surface area (Å²) in [7, 11) is 0. The van der Waals surface area contributed by atoms with Crippen molar-refractivity contribution in [2.75, 3.05) is 12.5 Å². The van der Waals surface area contributed by atoms with Crippen LogP contribution in [0, 0.1) is 0 Å². The average molecular weight is 518 g/mol. The minimum absolute atomic E-state index is 0.151. The molecular formula is C23H15ClF3N5O4. The van der Waals surface area contributed by atoms with Gasteiger partial charge in [-0.1, -0.05) is 41.0 Å². The standard InChI is InChI=1S/C23H15ClF3N5O4/c24-15-8-17(16(28)9-19(15)35-14-5-6-18-20(7-14)34-11-33-18)31-29-10-12-1-3-13(4-2-12)21-30-22(36-32-21)23(25,26)27/h1-9H,10-11,28H2. The van der Waals surface area contributed by atoms with Crippen molar-refractivity contribution in [3.63, 3.8) is 0 Å². The molecule has 4 aromatic rings. The van der Waals surface area contributed by atoms with Gasteiger partial charge >= 0.3 is 12.1 Å². The molecular weight excluding hydrogens is 503 g/mol. The van der Waals surface area contributed by atoms with Gasteiger partial charge in [0.05, 0.1) is 17.3 Å². The highest BCUT2D eigenvalue weighted by Crippen LogP contribution is 2.40. The molecule has 0 fully saturated rings. The molecule has 13 heteroatoms. The number of aromatic nitrogens is 2. The first-order chi connectivity index (χ1) is 17.3. The molecule has 5 rings (SSSR count). The van der Waals surface area contributed by atoms with Gasteiger partial charge in [-0.3, -0.25) is 0 Å². The molecule has 0 atom stereocenters. The highest BCUT2D eigenvalue weighted by atomic mass is 35.5. The van der Waals surface area contributed by atoms with Crippen molar-refractivity contribution >= 4 is 23.0 Å². The number of alkyl halides is 3. The van der Waals surface area contributed by atoms with Crippen LogP contribution in [0.3, 0.4) is 0 Å². The molecule has 2 heterocycles. The molecule has 1 aromatic heterocycles. The number of nitrogen functional groups attached to an aromatic ring is 1. The Hall–Kier alpha value is -4.32. The Bertz CT molecular complexity index is 1440. The Labute approximate surface area is 206 Å². The number of halogens is 4. The lowest BCUT2D eigenvalue weighted by Crippen LogP contribution is -2.04. The smallest absolute Gasteiger partial charge is 0.456 e. The largest absolute Gasteiger partial charge is 0.471 e. The average Bonchev–Trinajstić information content (AvgIpc) is 3.52. The maximum absolute atomic E-state index is 12.6. The van der Waals surface area contributed by atoms with Crippen LogP contribution in [0.2, 0.25) is 5.02 Å². The number of nitrogens with zero attached hydrogens (tertiary/aromatic N) is 4. The Kier molecular flexibility index (Phi) is 6.10. The summed E-state index contributed by atoms with van der Waals surface area (Å²) in [6.07, 6.45) is -4.70. The third-order valence-electron chi connectivity index (χ3n) is 4.97. The minimum atomic E-state index is -4.70. The zero-order valence-corrected chi connectivity index (χ0v) is 18.9. The van der Waals surface area contributed by atoms with Crippen LogP contribution in [0.15, 0.2) is 69.3 Å². The monoisotopic (exact) mass is 517 g/mol. The van der Waals surface area contributed by atoms with Crippen LogP contribution >= 0.6 is 11.6 Å². The quantitative estimate of drug-likeness (QED) is 0.221. The lowest BCUT2D eigenvalue weighted by atomic mass is 10.1. The van der Waals surface area contributed by atoms with Gasteiger partial charge in [-0.05, 0) is 23.8 Å². The molecule has 1 aliphatic rings. The number of nitrogens with two attached hydrogens (primary N) is 1. The zero-order chi connectivity index (χ0) is 25.3. The van der Waals surface area contributed by atoms with E-state index in [1.807, 2.05) is 0 Å². The third-order valence-corrected chi connectivity index (χ3v) is 5.26. The normalized spacial score (nSPS) is 12.9. The molecule has 9 nitrogen and oxygen atoms in total. The van der Waals surface area contributed by atoms with E-state index >= 15 is 0 Å². The number of anilines is 1. The number of fused-ring (bicyclic) bond motifs is 1. The first kappa shape index (κ1) is 23.4. The van der Waals surface area contributed by atoms with E-state index in [-0.39, 0.29) is 24.2 Å². The maximum Gasteiger partial charge on any atom is 0.471 e. The van der Waals surface area contributed by atoms with Gasteiger partial charge < -0.3 is 24.5 Å². The van der Waals surface area contributed by atoms with Gasteiger partial charge in [0, 0.05) is 17.7 Å². The van der Waals surface area contributed by atoms with Crippen molar-refractivity contribution in [1.82, 2.24) is 10.1 Å². The second-order valence-corrected chi connectivity index (χ2v) is 7.88. The molecule has 1 aliphatic heterocycles. The molecule has 2 N–H and O–H groups in total. The number of ether oxygens (including phenoxy) is 3. The second kappa shape index (κ2) is 9.38. The summed E-state index contributed by atoms with van der Waals surface area (Å²) >= 11 is 6.34. The summed E-state index contributed by atoms with van der Waals surface area (Å²) < 4.78 is 58.5. The van der Waals surface area contributed by atoms with E-state index in [1.54, 1.807) is 42.5 Å². The fourth-order valence-corrected chi connectivity index (χ4v) is 3.40. The van der Waals surface area contributed by atoms with Crippen molar-refractivity contribution in [3.05, 3.63) is 71.1 Å². The number of benzene rings is 3. The Morgan fingerprint density at radius 3 is 2.56 bits per heavy atom. The second-order valence-electron chi connectivity index (χ2n) is 7.48. The lowest BCUT2D eigenvalue weighted by molar-refractivity contribution is -0.159. The lowest BCUT2D eigenvalue weighted by Gasteiger charge is -2.10. The topological polar surface area (TPSA) is 117 Å². The van der Waals surface area contributed by atoms with Crippen LogP contribution in [0.1, 0.15) is 11.5 Å². The summed E-state index contributed by atoms with van der Waals surface area (Å²) in [6, 6.07) is 14.6. The van der Waals surface area contributed by atoms with E-state index in [9.17, 15) is 13.2 Å². The van der Waals surface area contributed by atoms with E-state index in [0.29, 0.717) is 39.9 Å². The van der Waals surface area contributed by atoms with Crippen LogP contribution in [0.4, 0.5) is 24.5 Å². The summed E-state index contributed by atoms with van der Waals surface area (Å²) in [5, 5.41) is 11.9. The molecule has 0 amide bonds. The zero-order valence-electron chi connectivity index (χ0n) is 18.1. The van der Waals surface area contributed by atoms with Gasteiger partial charge in [-0.25, -0.2) is 0 Å². The summed E-state index contributed by atoms with van der Waals surface area (Å²) in [4.78, 5) is 3.36. The maximum atomic E-state index is 12.6. The van der Waals surface area contributed by atoms with Gasteiger partial charge in [0.15, 0.2) is 11.5 Å². The SMILES string of the molecule is Nc1cc(Oc2ccc3c(c2)OCO3)c(Cl)cc1N=NCc1ccc(-c2noc(C(F)(F)F)n2)cc1. The highest BCUT2D eigenvalue weighted by molar-refractivity contribution is 6.32. The van der Waals surface area contributed by atoms with Gasteiger partial charge in [-0.2, -0.15) is 28.4 Å². The molecule has 184 valence electrons. The molecule has 0 aliphatic carbocycles. The summed E-state index contributed by atoms with van der Waals surface area (Å²) in [6.45, 7) is 0.338. The summed E-state index contributed by atoms with van der Waals surface area (Å²) in [5.74, 6) is 0.452. The number of azo groups is 1.